The molecule has 0 aliphatic heterocycles. The molecule has 0 saturated heterocycles. The van der Waals surface area contributed by atoms with Gasteiger partial charge >= 0.3 is 0 Å². The normalized spacial score (nSPS) is 16.1. The van der Waals surface area contributed by atoms with Crippen LogP contribution in [0.15, 0.2) is 5.18 Å². The van der Waals surface area contributed by atoms with E-state index in [1.54, 1.807) is 6.07 Å². The van der Waals surface area contributed by atoms with E-state index in [0.29, 0.717) is 0 Å². The van der Waals surface area contributed by atoms with Gasteiger partial charge in [0.15, 0.2) is 0 Å². The van der Waals surface area contributed by atoms with Gasteiger partial charge in [-0.1, -0.05) is 5.18 Å². The molecule has 2 N–H and O–H groups in total. The van der Waals surface area contributed by atoms with Crippen molar-refractivity contribution in [2.24, 2.45) is 10.9 Å². The van der Waals surface area contributed by atoms with Crippen LogP contribution in [0, 0.1) is 16.2 Å². The fourth-order valence-corrected chi connectivity index (χ4v) is 0.169. The summed E-state index contributed by atoms with van der Waals surface area (Å²) >= 11 is 0. The van der Waals surface area contributed by atoms with E-state index >= 15 is 0 Å². The zero-order valence-corrected chi connectivity index (χ0v) is 4.59. The van der Waals surface area contributed by atoms with Crippen molar-refractivity contribution in [2.75, 3.05) is 6.54 Å². The van der Waals surface area contributed by atoms with Gasteiger partial charge < -0.3 is 5.73 Å². The molecule has 0 heterocycles. The zero-order valence-electron chi connectivity index (χ0n) is 4.59. The lowest BCUT2D eigenvalue weighted by atomic mass is 10.1. The first-order chi connectivity index (χ1) is 3.62. The van der Waals surface area contributed by atoms with E-state index in [2.05, 4.69) is 5.18 Å². The molecule has 0 saturated carbocycles. The minimum atomic E-state index is -1.08. The Morgan fingerprint density at radius 2 is 2.50 bits per heavy atom. The van der Waals surface area contributed by atoms with Gasteiger partial charge in [0.05, 0.1) is 6.07 Å². The Morgan fingerprint density at radius 3 is 2.62 bits per heavy atom. The molecule has 0 aromatic heterocycles. The zero-order chi connectivity index (χ0) is 6.62. The fraction of sp³-hybridized carbons (Fsp3) is 0.750. The van der Waals surface area contributed by atoms with E-state index < -0.39 is 5.54 Å². The van der Waals surface area contributed by atoms with Gasteiger partial charge in [-0.15, -0.1) is 0 Å². The predicted molar refractivity (Wildman–Crippen MR) is 28.9 cm³/mol. The van der Waals surface area contributed by atoms with Crippen LogP contribution in [-0.4, -0.2) is 12.1 Å². The molecule has 4 nitrogen and oxygen atoms in total. The van der Waals surface area contributed by atoms with E-state index in [4.69, 9.17) is 11.0 Å². The Labute approximate surface area is 47.3 Å². The van der Waals surface area contributed by atoms with Crippen molar-refractivity contribution in [1.82, 2.24) is 0 Å². The van der Waals surface area contributed by atoms with Gasteiger partial charge in [0.2, 0.25) is 0 Å². The molecule has 0 radical (unpaired) electrons. The fourth-order valence-electron chi connectivity index (χ4n) is 0.169. The van der Waals surface area contributed by atoms with E-state index in [1.165, 1.54) is 6.92 Å². The first kappa shape index (κ1) is 7.05. The maximum atomic E-state index is 9.50. The third kappa shape index (κ3) is 2.26. The Kier molecular flexibility index (Phi) is 2.10. The second-order valence-corrected chi connectivity index (χ2v) is 1.82. The summed E-state index contributed by atoms with van der Waals surface area (Å²) in [5.74, 6) is 0. The lowest BCUT2D eigenvalue weighted by Crippen LogP contribution is -2.37. The predicted octanol–water partition coefficient (Wildman–Crippen LogP) is -0.00622. The topological polar surface area (TPSA) is 79.2 Å². The van der Waals surface area contributed by atoms with Crippen LogP contribution in [0.25, 0.3) is 0 Å². The third-order valence-electron chi connectivity index (χ3n) is 0.648. The molecule has 0 aliphatic rings. The van der Waals surface area contributed by atoms with Crippen LogP contribution < -0.4 is 5.73 Å². The summed E-state index contributed by atoms with van der Waals surface area (Å²) in [6.07, 6.45) is 0. The van der Waals surface area contributed by atoms with Crippen LogP contribution in [-0.2, 0) is 0 Å². The molecule has 44 valence electrons. The van der Waals surface area contributed by atoms with Gasteiger partial charge in [-0.2, -0.15) is 10.2 Å². The summed E-state index contributed by atoms with van der Waals surface area (Å²) in [6, 6.07) is 1.73. The minimum absolute atomic E-state index is 0.149. The molecule has 0 aromatic carbocycles. The molecule has 0 aliphatic carbocycles. The maximum absolute atomic E-state index is 9.50. The quantitative estimate of drug-likeness (QED) is 0.511. The van der Waals surface area contributed by atoms with Gasteiger partial charge in [0.25, 0.3) is 0 Å². The van der Waals surface area contributed by atoms with E-state index in [-0.39, 0.29) is 6.54 Å². The van der Waals surface area contributed by atoms with Gasteiger partial charge in [-0.3, -0.25) is 0 Å². The summed E-state index contributed by atoms with van der Waals surface area (Å²) in [4.78, 5) is 9.50. The van der Waals surface area contributed by atoms with Gasteiger partial charge in [-0.25, -0.2) is 0 Å². The number of hydrogen-bond acceptors (Lipinski definition) is 4. The first-order valence-corrected chi connectivity index (χ1v) is 2.11. The van der Waals surface area contributed by atoms with Gasteiger partial charge in [-0.05, 0) is 6.92 Å². The Bertz CT molecular complexity index is 124. The molecule has 8 heavy (non-hydrogen) atoms. The third-order valence-corrected chi connectivity index (χ3v) is 0.648. The van der Waals surface area contributed by atoms with Crippen LogP contribution >= 0.6 is 0 Å². The molecule has 0 spiro atoms. The Hall–Kier alpha value is -0.950. The summed E-state index contributed by atoms with van der Waals surface area (Å²) in [7, 11) is 0. The molecule has 4 heteroatoms. The molecular weight excluding hydrogens is 106 g/mol. The van der Waals surface area contributed by atoms with Crippen molar-refractivity contribution in [3.05, 3.63) is 4.91 Å². The molecule has 1 unspecified atom stereocenters. The van der Waals surface area contributed by atoms with Crippen LogP contribution in [0.2, 0.25) is 0 Å². The summed E-state index contributed by atoms with van der Waals surface area (Å²) in [5, 5.41) is 10.6. The molecule has 0 fully saturated rings. The maximum Gasteiger partial charge on any atom is 0.124 e. The lowest BCUT2D eigenvalue weighted by molar-refractivity contribution is 0.611. The van der Waals surface area contributed by atoms with Crippen LogP contribution in [0.3, 0.4) is 0 Å². The second kappa shape index (κ2) is 2.38. The largest absolute Gasteiger partial charge is 0.312 e. The Balaban J connectivity index is 3.76. The summed E-state index contributed by atoms with van der Waals surface area (Å²) in [5.41, 5.74) is 4.09. The van der Waals surface area contributed by atoms with Crippen LogP contribution in [0.5, 0.6) is 0 Å². The average Bonchev–Trinajstić information content (AvgIpc) is 1.67. The standard InChI is InChI=1S/C4H7N3O/c1-4(6,2-5)3-7-8/h3,6H2,1H3. The number of nitrogens with zero attached hydrogens (tertiary/aromatic N) is 2. The smallest absolute Gasteiger partial charge is 0.124 e. The van der Waals surface area contributed by atoms with Crippen molar-refractivity contribution >= 4 is 0 Å². The van der Waals surface area contributed by atoms with Crippen molar-refractivity contribution in [1.29, 1.82) is 5.26 Å². The lowest BCUT2D eigenvalue weighted by Gasteiger charge is -2.07. The molecule has 0 rings (SSSR count). The van der Waals surface area contributed by atoms with Crippen molar-refractivity contribution in [2.45, 2.75) is 12.5 Å². The highest BCUT2D eigenvalue weighted by molar-refractivity contribution is 5.02. The highest BCUT2D eigenvalue weighted by Gasteiger charge is 2.16. The SMILES string of the molecule is CC(N)(C#N)CN=O. The highest BCUT2D eigenvalue weighted by atomic mass is 16.3. The number of hydrogen-bond donors (Lipinski definition) is 1. The average molecular weight is 113 g/mol. The number of rotatable bonds is 2. The van der Waals surface area contributed by atoms with Crippen LogP contribution in [0.1, 0.15) is 6.92 Å². The Morgan fingerprint density at radius 1 is 2.00 bits per heavy atom. The molecule has 0 bridgehead atoms. The number of nitriles is 1. The van der Waals surface area contributed by atoms with Gasteiger partial charge in [0, 0.05) is 0 Å². The van der Waals surface area contributed by atoms with E-state index in [1.807, 2.05) is 0 Å². The van der Waals surface area contributed by atoms with Crippen molar-refractivity contribution in [3.8, 4) is 6.07 Å². The van der Waals surface area contributed by atoms with E-state index in [9.17, 15) is 4.91 Å². The van der Waals surface area contributed by atoms with Crippen molar-refractivity contribution < 1.29 is 0 Å². The first-order valence-electron chi connectivity index (χ1n) is 2.11. The number of nitroso groups, excluding NO2 is 1. The number of nitrogens with two attached hydrogens (primary N) is 1. The summed E-state index contributed by atoms with van der Waals surface area (Å²) < 4.78 is 0. The van der Waals surface area contributed by atoms with Crippen molar-refractivity contribution in [3.63, 3.8) is 0 Å². The van der Waals surface area contributed by atoms with Gasteiger partial charge in [0.1, 0.15) is 12.1 Å². The molecular formula is C4H7N3O. The van der Waals surface area contributed by atoms with E-state index in [0.717, 1.165) is 0 Å². The summed E-state index contributed by atoms with van der Waals surface area (Å²) in [6.45, 7) is 1.30. The van der Waals surface area contributed by atoms with Crippen LogP contribution in [0.4, 0.5) is 0 Å². The molecule has 0 amide bonds. The molecule has 0 aromatic rings. The highest BCUT2D eigenvalue weighted by Crippen LogP contribution is 1.94. The molecule has 1 atom stereocenters. The monoisotopic (exact) mass is 113 g/mol. The minimum Gasteiger partial charge on any atom is -0.312 e. The second-order valence-electron chi connectivity index (χ2n) is 1.82.